The van der Waals surface area contributed by atoms with Gasteiger partial charge in [-0.1, -0.05) is 13.3 Å². The van der Waals surface area contributed by atoms with E-state index in [0.29, 0.717) is 5.41 Å². The lowest BCUT2D eigenvalue weighted by Gasteiger charge is -2.41. The second-order valence-electron chi connectivity index (χ2n) is 4.76. The maximum absolute atomic E-state index is 5.28. The molecule has 0 aromatic heterocycles. The number of aliphatic imine (C=N–C) groups is 1. The smallest absolute Gasteiger partial charge is 0.191 e. The number of nitrogens with zero attached hydrogens (tertiary/aromatic N) is 1. The molecule has 0 heterocycles. The summed E-state index contributed by atoms with van der Waals surface area (Å²) in [5.41, 5.74) is 0.525. The van der Waals surface area contributed by atoms with E-state index < -0.39 is 0 Å². The van der Waals surface area contributed by atoms with Gasteiger partial charge in [0, 0.05) is 26.7 Å². The number of rotatable bonds is 7. The molecule has 1 rings (SSSR count). The lowest BCUT2D eigenvalue weighted by molar-refractivity contribution is 0.131. The van der Waals surface area contributed by atoms with Crippen molar-refractivity contribution in [2.45, 2.75) is 39.5 Å². The number of hydrogen-bond donors (Lipinski definition) is 2. The Morgan fingerprint density at radius 2 is 2.00 bits per heavy atom. The first-order valence-electron chi connectivity index (χ1n) is 6.78. The molecular formula is C13H28IN3O. The first kappa shape index (κ1) is 18.0. The van der Waals surface area contributed by atoms with Crippen LogP contribution >= 0.6 is 24.0 Å². The third kappa shape index (κ3) is 5.73. The average molecular weight is 369 g/mol. The van der Waals surface area contributed by atoms with Crippen molar-refractivity contribution in [2.24, 2.45) is 10.4 Å². The molecule has 0 radical (unpaired) electrons. The second-order valence-corrected chi connectivity index (χ2v) is 4.76. The molecule has 0 unspecified atom stereocenters. The molecule has 0 atom stereocenters. The van der Waals surface area contributed by atoms with Crippen LogP contribution in [0, 0.1) is 5.41 Å². The molecule has 0 saturated heterocycles. The van der Waals surface area contributed by atoms with Crippen molar-refractivity contribution < 1.29 is 4.74 Å². The molecule has 1 fully saturated rings. The molecule has 1 saturated carbocycles. The Morgan fingerprint density at radius 1 is 1.28 bits per heavy atom. The highest BCUT2D eigenvalue weighted by Gasteiger charge is 2.34. The summed E-state index contributed by atoms with van der Waals surface area (Å²) < 4.78 is 5.28. The van der Waals surface area contributed by atoms with Gasteiger partial charge in [-0.2, -0.15) is 0 Å². The Labute approximate surface area is 128 Å². The second kappa shape index (κ2) is 9.83. The predicted octanol–water partition coefficient (Wildman–Crippen LogP) is 2.39. The van der Waals surface area contributed by atoms with Crippen LogP contribution in [0.2, 0.25) is 0 Å². The molecule has 2 N–H and O–H groups in total. The van der Waals surface area contributed by atoms with Gasteiger partial charge >= 0.3 is 0 Å². The SMILES string of the molecule is CCOCCNC(=NC)NCC1(CC)CCC1.I. The fourth-order valence-corrected chi connectivity index (χ4v) is 2.21. The van der Waals surface area contributed by atoms with E-state index in [1.165, 1.54) is 25.7 Å². The summed E-state index contributed by atoms with van der Waals surface area (Å²) in [6.45, 7) is 7.65. The van der Waals surface area contributed by atoms with E-state index in [4.69, 9.17) is 4.74 Å². The summed E-state index contributed by atoms with van der Waals surface area (Å²) in [7, 11) is 1.81. The summed E-state index contributed by atoms with van der Waals surface area (Å²) in [4.78, 5) is 4.22. The van der Waals surface area contributed by atoms with Crippen LogP contribution in [0.15, 0.2) is 4.99 Å². The summed E-state index contributed by atoms with van der Waals surface area (Å²) in [6.07, 6.45) is 5.35. The lowest BCUT2D eigenvalue weighted by atomic mass is 9.67. The fraction of sp³-hybridized carbons (Fsp3) is 0.923. The fourth-order valence-electron chi connectivity index (χ4n) is 2.21. The van der Waals surface area contributed by atoms with E-state index in [1.807, 2.05) is 14.0 Å². The zero-order valence-electron chi connectivity index (χ0n) is 11.9. The minimum absolute atomic E-state index is 0. The summed E-state index contributed by atoms with van der Waals surface area (Å²) in [5.74, 6) is 0.893. The molecule has 0 amide bonds. The zero-order chi connectivity index (χ0) is 12.6. The first-order chi connectivity index (χ1) is 8.26. The quantitative estimate of drug-likeness (QED) is 0.314. The topological polar surface area (TPSA) is 45.6 Å². The molecule has 0 aromatic carbocycles. The van der Waals surface area contributed by atoms with Gasteiger partial charge in [-0.25, -0.2) is 0 Å². The van der Waals surface area contributed by atoms with Crippen LogP contribution in [0.4, 0.5) is 0 Å². The van der Waals surface area contributed by atoms with Gasteiger partial charge in [-0.3, -0.25) is 4.99 Å². The normalized spacial score (nSPS) is 17.6. The average Bonchev–Trinajstić information content (AvgIpc) is 2.31. The monoisotopic (exact) mass is 369 g/mol. The van der Waals surface area contributed by atoms with Crippen LogP contribution in [0.1, 0.15) is 39.5 Å². The molecule has 5 heteroatoms. The van der Waals surface area contributed by atoms with E-state index in [1.54, 1.807) is 0 Å². The molecule has 0 bridgehead atoms. The van der Waals surface area contributed by atoms with Crippen LogP contribution in [0.5, 0.6) is 0 Å². The van der Waals surface area contributed by atoms with E-state index in [2.05, 4.69) is 22.5 Å². The van der Waals surface area contributed by atoms with E-state index in [0.717, 1.165) is 32.3 Å². The summed E-state index contributed by atoms with van der Waals surface area (Å²) in [5, 5.41) is 6.69. The maximum atomic E-state index is 5.28. The molecule has 0 aromatic rings. The number of guanidine groups is 1. The largest absolute Gasteiger partial charge is 0.380 e. The van der Waals surface area contributed by atoms with Crippen molar-refractivity contribution in [3.05, 3.63) is 0 Å². The van der Waals surface area contributed by atoms with Crippen LogP contribution in [0.3, 0.4) is 0 Å². The Bertz CT molecular complexity index is 237. The molecule has 0 aliphatic heterocycles. The van der Waals surface area contributed by atoms with Crippen LogP contribution in [0.25, 0.3) is 0 Å². The van der Waals surface area contributed by atoms with Gasteiger partial charge < -0.3 is 15.4 Å². The maximum Gasteiger partial charge on any atom is 0.191 e. The third-order valence-corrected chi connectivity index (χ3v) is 3.76. The van der Waals surface area contributed by atoms with Crippen molar-refractivity contribution >= 4 is 29.9 Å². The highest BCUT2D eigenvalue weighted by Crippen LogP contribution is 2.42. The van der Waals surface area contributed by atoms with Gasteiger partial charge in [0.25, 0.3) is 0 Å². The Balaban J connectivity index is 0.00000289. The van der Waals surface area contributed by atoms with E-state index >= 15 is 0 Å². The minimum Gasteiger partial charge on any atom is -0.380 e. The molecule has 0 spiro atoms. The van der Waals surface area contributed by atoms with Gasteiger partial charge in [0.1, 0.15) is 0 Å². The molecule has 108 valence electrons. The van der Waals surface area contributed by atoms with Crippen molar-refractivity contribution in [3.8, 4) is 0 Å². The number of nitrogens with one attached hydrogen (secondary N) is 2. The van der Waals surface area contributed by atoms with Crippen LogP contribution < -0.4 is 10.6 Å². The molecule has 1 aliphatic rings. The predicted molar refractivity (Wildman–Crippen MR) is 87.8 cm³/mol. The lowest BCUT2D eigenvalue weighted by Crippen LogP contribution is -2.46. The highest BCUT2D eigenvalue weighted by molar-refractivity contribution is 14.0. The van der Waals surface area contributed by atoms with Gasteiger partial charge in [-0.15, -0.1) is 24.0 Å². The van der Waals surface area contributed by atoms with Gasteiger partial charge in [0.05, 0.1) is 6.61 Å². The van der Waals surface area contributed by atoms with Crippen molar-refractivity contribution in [2.75, 3.05) is 33.4 Å². The van der Waals surface area contributed by atoms with E-state index in [9.17, 15) is 0 Å². The van der Waals surface area contributed by atoms with Gasteiger partial charge in [-0.05, 0) is 31.6 Å². The molecule has 18 heavy (non-hydrogen) atoms. The number of ether oxygens (including phenoxy) is 1. The van der Waals surface area contributed by atoms with Gasteiger partial charge in [0.15, 0.2) is 5.96 Å². The molecule has 4 nitrogen and oxygen atoms in total. The standard InChI is InChI=1S/C13H27N3O.HI/c1-4-13(7-6-8-13)11-16-12(14-3)15-9-10-17-5-2;/h4-11H2,1-3H3,(H2,14,15,16);1H. The third-order valence-electron chi connectivity index (χ3n) is 3.76. The van der Waals surface area contributed by atoms with E-state index in [-0.39, 0.29) is 24.0 Å². The van der Waals surface area contributed by atoms with Crippen LogP contribution in [-0.4, -0.2) is 39.3 Å². The number of hydrogen-bond acceptors (Lipinski definition) is 2. The Hall–Kier alpha value is -0.0400. The van der Waals surface area contributed by atoms with Crippen molar-refractivity contribution in [3.63, 3.8) is 0 Å². The molecule has 1 aliphatic carbocycles. The van der Waals surface area contributed by atoms with Crippen molar-refractivity contribution in [1.82, 2.24) is 10.6 Å². The van der Waals surface area contributed by atoms with Crippen molar-refractivity contribution in [1.29, 1.82) is 0 Å². The molecular weight excluding hydrogens is 341 g/mol. The minimum atomic E-state index is 0. The van der Waals surface area contributed by atoms with Gasteiger partial charge in [0.2, 0.25) is 0 Å². The number of halogens is 1. The first-order valence-corrected chi connectivity index (χ1v) is 6.78. The highest BCUT2D eigenvalue weighted by atomic mass is 127. The summed E-state index contributed by atoms with van der Waals surface area (Å²) in [6, 6.07) is 0. The Morgan fingerprint density at radius 3 is 2.44 bits per heavy atom. The summed E-state index contributed by atoms with van der Waals surface area (Å²) >= 11 is 0. The van der Waals surface area contributed by atoms with Crippen LogP contribution in [-0.2, 0) is 4.74 Å². The Kier molecular flexibility index (Phi) is 9.81. The zero-order valence-corrected chi connectivity index (χ0v) is 14.3.